The first-order chi connectivity index (χ1) is 18.7. The Morgan fingerprint density at radius 3 is 2.00 bits per heavy atom. The van der Waals surface area contributed by atoms with E-state index >= 15 is 0 Å². The number of hydrogen-bond donors (Lipinski definition) is 2. The number of carbonyl (C=O) groups is 3. The molecule has 13 heteroatoms. The van der Waals surface area contributed by atoms with Crippen LogP contribution in [0.25, 0.3) is 11.6 Å². The molecule has 0 bridgehead atoms. The van der Waals surface area contributed by atoms with Crippen molar-refractivity contribution in [3.63, 3.8) is 0 Å². The quantitative estimate of drug-likeness (QED) is 0.162. The van der Waals surface area contributed by atoms with E-state index in [1.807, 2.05) is 6.07 Å². The van der Waals surface area contributed by atoms with Crippen LogP contribution in [0, 0.1) is 0 Å². The highest BCUT2D eigenvalue weighted by atomic mass is 35.5. The fourth-order valence-corrected chi connectivity index (χ4v) is 4.14. The van der Waals surface area contributed by atoms with E-state index in [1.54, 1.807) is 42.5 Å². The van der Waals surface area contributed by atoms with Gasteiger partial charge in [0.1, 0.15) is 5.69 Å². The van der Waals surface area contributed by atoms with Gasteiger partial charge in [-0.25, -0.2) is 19.9 Å². The summed E-state index contributed by atoms with van der Waals surface area (Å²) in [6, 6.07) is 13.8. The van der Waals surface area contributed by atoms with E-state index in [4.69, 9.17) is 46.4 Å². The molecule has 0 saturated heterocycles. The first kappa shape index (κ1) is 28.1. The molecule has 196 valence electrons. The molecule has 2 N–H and O–H groups in total. The summed E-state index contributed by atoms with van der Waals surface area (Å²) in [4.78, 5) is 47.8. The number of amides is 2. The molecule has 0 unspecified atom stereocenters. The Labute approximate surface area is 242 Å². The molecule has 0 fully saturated rings. The van der Waals surface area contributed by atoms with Crippen molar-refractivity contribution in [1.82, 2.24) is 19.9 Å². The topological polar surface area (TPSA) is 127 Å². The van der Waals surface area contributed by atoms with E-state index in [0.29, 0.717) is 45.4 Å². The third-order valence-electron chi connectivity index (χ3n) is 5.17. The highest BCUT2D eigenvalue weighted by Crippen LogP contribution is 2.34. The largest absolute Gasteiger partial charge is 0.325 e. The number of halogens is 4. The van der Waals surface area contributed by atoms with Crippen LogP contribution in [0.2, 0.25) is 20.6 Å². The molecular weight excluding hydrogens is 586 g/mol. The Morgan fingerprint density at radius 2 is 1.36 bits per heavy atom. The van der Waals surface area contributed by atoms with Crippen LogP contribution in [-0.2, 0) is 16.0 Å². The number of anilines is 2. The van der Waals surface area contributed by atoms with Gasteiger partial charge in [-0.3, -0.25) is 14.4 Å². The molecule has 0 aliphatic carbocycles. The molecule has 0 atom stereocenters. The van der Waals surface area contributed by atoms with Crippen LogP contribution in [0.5, 0.6) is 0 Å². The van der Waals surface area contributed by atoms with E-state index in [1.165, 1.54) is 18.5 Å². The lowest BCUT2D eigenvalue weighted by Crippen LogP contribution is -2.03. The maximum atomic E-state index is 11.9. The van der Waals surface area contributed by atoms with Crippen molar-refractivity contribution in [1.29, 1.82) is 0 Å². The van der Waals surface area contributed by atoms with Crippen LogP contribution in [0.3, 0.4) is 0 Å². The standard InChI is InChI=1S/C13H7Cl2N3O.C8H6ClNO.C5H3ClN2O/c14-7-1-2-9-10(12(19)18-11(9)5-7)6-8-3-4-16-13(15)17-8;9-6-2-1-5-3-8(11)10-7(5)4-6;6-5-7-2-1-4(3-9)8-5/h1-6H,(H,18,19);1-2,4H,3H2,(H,10,11);1-3H. The maximum absolute atomic E-state index is 11.9. The van der Waals surface area contributed by atoms with Crippen molar-refractivity contribution < 1.29 is 14.4 Å². The number of fused-ring (bicyclic) bond motifs is 2. The zero-order valence-corrected chi connectivity index (χ0v) is 22.7. The Balaban J connectivity index is 0.000000149. The van der Waals surface area contributed by atoms with E-state index in [9.17, 15) is 14.4 Å². The fourth-order valence-electron chi connectivity index (χ4n) is 3.49. The zero-order chi connectivity index (χ0) is 27.9. The smallest absolute Gasteiger partial charge is 0.256 e. The van der Waals surface area contributed by atoms with Gasteiger partial charge in [-0.05, 0) is 71.2 Å². The van der Waals surface area contributed by atoms with Gasteiger partial charge in [0.05, 0.1) is 23.4 Å². The minimum atomic E-state index is -0.188. The van der Waals surface area contributed by atoms with E-state index in [2.05, 4.69) is 30.6 Å². The Hall–Kier alpha value is -3.89. The second-order valence-corrected chi connectivity index (χ2v) is 9.40. The summed E-state index contributed by atoms with van der Waals surface area (Å²) >= 11 is 22.7. The minimum absolute atomic E-state index is 0.0438. The summed E-state index contributed by atoms with van der Waals surface area (Å²) < 4.78 is 0. The Kier molecular flexibility index (Phi) is 9.21. The molecule has 0 saturated carbocycles. The van der Waals surface area contributed by atoms with Crippen LogP contribution in [-0.4, -0.2) is 38.0 Å². The molecule has 9 nitrogen and oxygen atoms in total. The molecule has 2 aromatic carbocycles. The van der Waals surface area contributed by atoms with Crippen LogP contribution < -0.4 is 10.6 Å². The van der Waals surface area contributed by atoms with E-state index in [0.717, 1.165) is 16.8 Å². The number of carbonyl (C=O) groups excluding carboxylic acids is 3. The van der Waals surface area contributed by atoms with Crippen molar-refractivity contribution >= 4 is 87.5 Å². The molecule has 4 aromatic rings. The highest BCUT2D eigenvalue weighted by molar-refractivity contribution is 6.36. The molecule has 2 aromatic heterocycles. The van der Waals surface area contributed by atoms with Crippen molar-refractivity contribution in [2.45, 2.75) is 6.42 Å². The first-order valence-electron chi connectivity index (χ1n) is 11.1. The van der Waals surface area contributed by atoms with Gasteiger partial charge in [-0.2, -0.15) is 0 Å². The normalized spacial score (nSPS) is 13.7. The van der Waals surface area contributed by atoms with Crippen LogP contribution in [0.1, 0.15) is 27.3 Å². The van der Waals surface area contributed by atoms with Gasteiger partial charge in [-0.15, -0.1) is 0 Å². The highest BCUT2D eigenvalue weighted by Gasteiger charge is 2.24. The first-order valence-corrected chi connectivity index (χ1v) is 12.6. The number of nitrogens with zero attached hydrogens (tertiary/aromatic N) is 4. The van der Waals surface area contributed by atoms with Crippen molar-refractivity contribution in [2.24, 2.45) is 0 Å². The number of aldehydes is 1. The van der Waals surface area contributed by atoms with Crippen molar-refractivity contribution in [3.05, 3.63) is 104 Å². The number of hydrogen-bond acceptors (Lipinski definition) is 7. The second-order valence-electron chi connectivity index (χ2n) is 7.85. The summed E-state index contributed by atoms with van der Waals surface area (Å²) in [6.45, 7) is 0. The molecule has 2 aliphatic rings. The van der Waals surface area contributed by atoms with Crippen LogP contribution >= 0.6 is 46.4 Å². The summed E-state index contributed by atoms with van der Waals surface area (Å²) in [5.74, 6) is -0.144. The van der Waals surface area contributed by atoms with Gasteiger partial charge in [-0.1, -0.05) is 35.3 Å². The second kappa shape index (κ2) is 12.8. The zero-order valence-electron chi connectivity index (χ0n) is 19.7. The number of aromatic nitrogens is 4. The lowest BCUT2D eigenvalue weighted by molar-refractivity contribution is -0.115. The lowest BCUT2D eigenvalue weighted by atomic mass is 10.1. The Morgan fingerprint density at radius 1 is 0.744 bits per heavy atom. The van der Waals surface area contributed by atoms with Gasteiger partial charge in [0.25, 0.3) is 5.91 Å². The van der Waals surface area contributed by atoms with Gasteiger partial charge >= 0.3 is 0 Å². The van der Waals surface area contributed by atoms with Gasteiger partial charge in [0, 0.05) is 33.7 Å². The predicted molar refractivity (Wildman–Crippen MR) is 151 cm³/mol. The summed E-state index contributed by atoms with van der Waals surface area (Å²) in [5, 5.41) is 6.94. The molecule has 6 rings (SSSR count). The molecule has 2 aliphatic heterocycles. The van der Waals surface area contributed by atoms with Gasteiger partial charge in [0.15, 0.2) is 6.29 Å². The Bertz CT molecular complexity index is 1610. The number of rotatable bonds is 2. The van der Waals surface area contributed by atoms with Gasteiger partial charge in [0.2, 0.25) is 16.5 Å². The van der Waals surface area contributed by atoms with E-state index < -0.39 is 0 Å². The van der Waals surface area contributed by atoms with Crippen LogP contribution in [0.15, 0.2) is 60.9 Å². The fraction of sp³-hybridized carbons (Fsp3) is 0.0385. The minimum Gasteiger partial charge on any atom is -0.325 e. The number of nitrogens with one attached hydrogen (secondary N) is 2. The van der Waals surface area contributed by atoms with Gasteiger partial charge < -0.3 is 10.6 Å². The summed E-state index contributed by atoms with van der Waals surface area (Å²) in [7, 11) is 0. The van der Waals surface area contributed by atoms with Crippen molar-refractivity contribution in [2.75, 3.05) is 10.6 Å². The van der Waals surface area contributed by atoms with Crippen molar-refractivity contribution in [3.8, 4) is 0 Å². The van der Waals surface area contributed by atoms with E-state index in [-0.39, 0.29) is 22.4 Å². The summed E-state index contributed by atoms with van der Waals surface area (Å²) in [6.07, 6.45) is 5.74. The third-order valence-corrected chi connectivity index (χ3v) is 6.00. The molecular formula is C26H16Cl4N6O3. The maximum Gasteiger partial charge on any atom is 0.256 e. The molecule has 39 heavy (non-hydrogen) atoms. The average Bonchev–Trinajstić information content (AvgIpc) is 3.42. The third kappa shape index (κ3) is 7.58. The average molecular weight is 602 g/mol. The van der Waals surface area contributed by atoms with Crippen LogP contribution in [0.4, 0.5) is 11.4 Å². The SMILES string of the molecule is O=C1Cc2ccc(Cl)cc2N1.O=C1Nc2cc(Cl)ccc2C1=Cc1ccnc(Cl)n1.O=Cc1ccnc(Cl)n1. The predicted octanol–water partition coefficient (Wildman–Crippen LogP) is 6.05. The lowest BCUT2D eigenvalue weighted by Gasteiger charge is -1.99. The molecule has 4 heterocycles. The number of benzene rings is 2. The summed E-state index contributed by atoms with van der Waals surface area (Å²) in [5.41, 5.74) is 4.78. The molecule has 0 radical (unpaired) electrons. The molecule has 0 spiro atoms. The monoisotopic (exact) mass is 600 g/mol. The molecule has 2 amide bonds.